The Morgan fingerprint density at radius 1 is 1.07 bits per heavy atom. The van der Waals surface area contributed by atoms with E-state index in [1.165, 1.54) is 45.4 Å². The predicted octanol–water partition coefficient (Wildman–Crippen LogP) is 2.74. The predicted molar refractivity (Wildman–Crippen MR) is 69.3 cm³/mol. The molecule has 0 aromatic rings. The Kier molecular flexibility index (Phi) is 10.4. The van der Waals surface area contributed by atoms with Crippen LogP contribution in [0.5, 0.6) is 0 Å². The SMILES string of the molecule is CCNCCCCCN(CC)CC(C)C. The van der Waals surface area contributed by atoms with Gasteiger partial charge in [-0.2, -0.15) is 0 Å². The second-order valence-electron chi connectivity index (χ2n) is 4.70. The van der Waals surface area contributed by atoms with Gasteiger partial charge in [-0.15, -0.1) is 0 Å². The van der Waals surface area contributed by atoms with E-state index in [2.05, 4.69) is 37.9 Å². The third-order valence-electron chi connectivity index (χ3n) is 2.65. The summed E-state index contributed by atoms with van der Waals surface area (Å²) >= 11 is 0. The monoisotopic (exact) mass is 214 g/mol. The van der Waals surface area contributed by atoms with Crippen molar-refractivity contribution in [2.75, 3.05) is 32.7 Å². The molecule has 0 heterocycles. The molecule has 0 aromatic carbocycles. The summed E-state index contributed by atoms with van der Waals surface area (Å²) in [7, 11) is 0. The second-order valence-corrected chi connectivity index (χ2v) is 4.70. The lowest BCUT2D eigenvalue weighted by Gasteiger charge is -2.22. The van der Waals surface area contributed by atoms with Crippen LogP contribution in [0.4, 0.5) is 0 Å². The summed E-state index contributed by atoms with van der Waals surface area (Å²) in [5.41, 5.74) is 0. The molecule has 0 amide bonds. The van der Waals surface area contributed by atoms with Gasteiger partial charge in [0.25, 0.3) is 0 Å². The van der Waals surface area contributed by atoms with E-state index in [4.69, 9.17) is 0 Å². The van der Waals surface area contributed by atoms with Crippen molar-refractivity contribution >= 4 is 0 Å². The summed E-state index contributed by atoms with van der Waals surface area (Å²) in [5.74, 6) is 0.798. The van der Waals surface area contributed by atoms with Crippen LogP contribution in [0.1, 0.15) is 47.0 Å². The molecular weight excluding hydrogens is 184 g/mol. The maximum Gasteiger partial charge on any atom is 0.000427 e. The zero-order chi connectivity index (χ0) is 11.5. The molecule has 0 saturated heterocycles. The first-order chi connectivity index (χ1) is 7.20. The van der Waals surface area contributed by atoms with Crippen molar-refractivity contribution < 1.29 is 0 Å². The highest BCUT2D eigenvalue weighted by Crippen LogP contribution is 2.02. The Hall–Kier alpha value is -0.0800. The normalized spacial score (nSPS) is 11.6. The molecule has 0 atom stereocenters. The average Bonchev–Trinajstić information content (AvgIpc) is 2.20. The van der Waals surface area contributed by atoms with E-state index < -0.39 is 0 Å². The molecule has 0 aliphatic rings. The summed E-state index contributed by atoms with van der Waals surface area (Å²) in [6.45, 7) is 15.1. The van der Waals surface area contributed by atoms with Gasteiger partial charge in [0.2, 0.25) is 0 Å². The van der Waals surface area contributed by atoms with Crippen molar-refractivity contribution in [2.45, 2.75) is 47.0 Å². The van der Waals surface area contributed by atoms with Crippen molar-refractivity contribution in [1.29, 1.82) is 0 Å². The number of rotatable bonds is 10. The number of hydrogen-bond acceptors (Lipinski definition) is 2. The van der Waals surface area contributed by atoms with E-state index in [1.807, 2.05) is 0 Å². The Morgan fingerprint density at radius 2 is 1.80 bits per heavy atom. The van der Waals surface area contributed by atoms with Gasteiger partial charge >= 0.3 is 0 Å². The van der Waals surface area contributed by atoms with Gasteiger partial charge in [0.05, 0.1) is 0 Å². The van der Waals surface area contributed by atoms with E-state index in [0.29, 0.717) is 0 Å². The first-order valence-electron chi connectivity index (χ1n) is 6.63. The van der Waals surface area contributed by atoms with Crippen molar-refractivity contribution in [3.63, 3.8) is 0 Å². The lowest BCUT2D eigenvalue weighted by Crippen LogP contribution is -2.28. The van der Waals surface area contributed by atoms with Gasteiger partial charge in [-0.05, 0) is 44.9 Å². The van der Waals surface area contributed by atoms with Gasteiger partial charge in [-0.1, -0.05) is 34.1 Å². The molecule has 15 heavy (non-hydrogen) atoms. The number of unbranched alkanes of at least 4 members (excludes halogenated alkanes) is 2. The minimum absolute atomic E-state index is 0.798. The highest BCUT2D eigenvalue weighted by molar-refractivity contribution is 4.58. The molecule has 0 saturated carbocycles. The third kappa shape index (κ3) is 10.2. The summed E-state index contributed by atoms with van der Waals surface area (Å²) < 4.78 is 0. The number of nitrogens with one attached hydrogen (secondary N) is 1. The molecular formula is C13H30N2. The molecule has 0 aliphatic heterocycles. The van der Waals surface area contributed by atoms with Crippen LogP contribution in [0.25, 0.3) is 0 Å². The van der Waals surface area contributed by atoms with Crippen LogP contribution in [0.3, 0.4) is 0 Å². The maximum absolute atomic E-state index is 3.37. The fourth-order valence-electron chi connectivity index (χ4n) is 1.83. The van der Waals surface area contributed by atoms with E-state index in [0.717, 1.165) is 12.5 Å². The van der Waals surface area contributed by atoms with Crippen LogP contribution in [0.2, 0.25) is 0 Å². The molecule has 92 valence electrons. The first-order valence-corrected chi connectivity index (χ1v) is 6.63. The Morgan fingerprint density at radius 3 is 2.33 bits per heavy atom. The van der Waals surface area contributed by atoms with Crippen LogP contribution >= 0.6 is 0 Å². The van der Waals surface area contributed by atoms with Crippen molar-refractivity contribution in [2.24, 2.45) is 5.92 Å². The minimum atomic E-state index is 0.798. The smallest absolute Gasteiger partial charge is 0.000427 e. The molecule has 2 nitrogen and oxygen atoms in total. The third-order valence-corrected chi connectivity index (χ3v) is 2.65. The zero-order valence-electron chi connectivity index (χ0n) is 11.2. The summed E-state index contributed by atoms with van der Waals surface area (Å²) in [5, 5.41) is 3.37. The van der Waals surface area contributed by atoms with Gasteiger partial charge < -0.3 is 10.2 Å². The first kappa shape index (κ1) is 14.9. The molecule has 0 spiro atoms. The average molecular weight is 214 g/mol. The van der Waals surface area contributed by atoms with E-state index in [-0.39, 0.29) is 0 Å². The second kappa shape index (κ2) is 10.4. The van der Waals surface area contributed by atoms with Crippen LogP contribution in [-0.2, 0) is 0 Å². The highest BCUT2D eigenvalue weighted by Gasteiger charge is 2.03. The van der Waals surface area contributed by atoms with Crippen molar-refractivity contribution in [3.05, 3.63) is 0 Å². The van der Waals surface area contributed by atoms with Gasteiger partial charge in [0, 0.05) is 6.54 Å². The van der Waals surface area contributed by atoms with Crippen LogP contribution in [0, 0.1) is 5.92 Å². The van der Waals surface area contributed by atoms with E-state index in [9.17, 15) is 0 Å². The molecule has 0 aliphatic carbocycles. The van der Waals surface area contributed by atoms with Crippen LogP contribution in [0.15, 0.2) is 0 Å². The maximum atomic E-state index is 3.37. The molecule has 0 unspecified atom stereocenters. The lowest BCUT2D eigenvalue weighted by atomic mass is 10.2. The molecule has 1 N–H and O–H groups in total. The standard InChI is InChI=1S/C13H30N2/c1-5-14-10-8-7-9-11-15(6-2)12-13(3)4/h13-14H,5-12H2,1-4H3. The zero-order valence-corrected chi connectivity index (χ0v) is 11.2. The number of hydrogen-bond donors (Lipinski definition) is 1. The Bertz CT molecular complexity index is 124. The lowest BCUT2D eigenvalue weighted by molar-refractivity contribution is 0.251. The molecule has 0 bridgehead atoms. The van der Waals surface area contributed by atoms with Gasteiger partial charge in [-0.3, -0.25) is 0 Å². The molecule has 0 aromatic heterocycles. The molecule has 0 rings (SSSR count). The van der Waals surface area contributed by atoms with E-state index in [1.54, 1.807) is 0 Å². The topological polar surface area (TPSA) is 15.3 Å². The summed E-state index contributed by atoms with van der Waals surface area (Å²) in [6.07, 6.45) is 4.04. The Labute approximate surface area is 96.4 Å². The summed E-state index contributed by atoms with van der Waals surface area (Å²) in [4.78, 5) is 2.57. The Balaban J connectivity index is 3.30. The van der Waals surface area contributed by atoms with E-state index >= 15 is 0 Å². The molecule has 0 fully saturated rings. The fourth-order valence-corrected chi connectivity index (χ4v) is 1.83. The quantitative estimate of drug-likeness (QED) is 0.563. The number of nitrogens with zero attached hydrogens (tertiary/aromatic N) is 1. The van der Waals surface area contributed by atoms with Gasteiger partial charge in [-0.25, -0.2) is 0 Å². The summed E-state index contributed by atoms with van der Waals surface area (Å²) in [6, 6.07) is 0. The van der Waals surface area contributed by atoms with Gasteiger partial charge in [0.15, 0.2) is 0 Å². The minimum Gasteiger partial charge on any atom is -0.317 e. The van der Waals surface area contributed by atoms with Crippen molar-refractivity contribution in [3.8, 4) is 0 Å². The largest absolute Gasteiger partial charge is 0.317 e. The highest BCUT2D eigenvalue weighted by atomic mass is 15.1. The van der Waals surface area contributed by atoms with Crippen LogP contribution in [-0.4, -0.2) is 37.6 Å². The molecule has 0 radical (unpaired) electrons. The fraction of sp³-hybridized carbons (Fsp3) is 1.00. The van der Waals surface area contributed by atoms with Gasteiger partial charge in [0.1, 0.15) is 0 Å². The van der Waals surface area contributed by atoms with Crippen molar-refractivity contribution in [1.82, 2.24) is 10.2 Å². The van der Waals surface area contributed by atoms with Crippen LogP contribution < -0.4 is 5.32 Å². The molecule has 2 heteroatoms.